The van der Waals surface area contributed by atoms with Crippen LogP contribution in [0.1, 0.15) is 39.7 Å². The second-order valence-corrected chi connectivity index (χ2v) is 3.38. The number of allylic oxidation sites excluding steroid dienone is 2. The van der Waals surface area contributed by atoms with E-state index in [-0.39, 0.29) is 5.90 Å². The quantitative estimate of drug-likeness (QED) is 0.489. The third-order valence-electron chi connectivity index (χ3n) is 2.11. The monoisotopic (exact) mass is 249 g/mol. The van der Waals surface area contributed by atoms with Gasteiger partial charge in [0, 0.05) is 5.56 Å². The van der Waals surface area contributed by atoms with Crippen molar-refractivity contribution in [1.82, 2.24) is 0 Å². The normalized spacial score (nSPS) is 10.2. The average Bonchev–Trinajstić information content (AvgIpc) is 2.41. The topological polar surface area (TPSA) is 42.3 Å². The molecule has 1 rings (SSSR count). The predicted octanol–water partition coefficient (Wildman–Crippen LogP) is 4.38. The summed E-state index contributed by atoms with van der Waals surface area (Å²) < 4.78 is 10.4. The Morgan fingerprint density at radius 2 is 1.78 bits per heavy atom. The fourth-order valence-electron chi connectivity index (χ4n) is 1.29. The van der Waals surface area contributed by atoms with Gasteiger partial charge in [-0.25, -0.2) is 0 Å². The number of benzene rings is 1. The Hall–Kier alpha value is -1.77. The number of hydrogen-bond acceptors (Lipinski definition) is 3. The van der Waals surface area contributed by atoms with E-state index in [1.807, 2.05) is 45.9 Å². The summed E-state index contributed by atoms with van der Waals surface area (Å²) in [5.41, 5.74) is 0.740. The molecule has 18 heavy (non-hydrogen) atoms. The highest BCUT2D eigenvalue weighted by molar-refractivity contribution is 5.92. The SMILES string of the molecule is CC.CC/C=C(\C)OC(=N)c1ccc(OC)cc1. The molecule has 0 saturated heterocycles. The second-order valence-electron chi connectivity index (χ2n) is 3.38. The molecule has 0 saturated carbocycles. The molecule has 0 aromatic heterocycles. The molecule has 0 heterocycles. The zero-order valence-corrected chi connectivity index (χ0v) is 11.9. The van der Waals surface area contributed by atoms with Crippen molar-refractivity contribution in [3.05, 3.63) is 41.7 Å². The Kier molecular flexibility index (Phi) is 8.37. The number of rotatable bonds is 4. The molecule has 1 aromatic carbocycles. The van der Waals surface area contributed by atoms with Crippen molar-refractivity contribution >= 4 is 5.90 Å². The van der Waals surface area contributed by atoms with Crippen LogP contribution in [0.3, 0.4) is 0 Å². The smallest absolute Gasteiger partial charge is 0.218 e. The Morgan fingerprint density at radius 1 is 1.22 bits per heavy atom. The molecule has 0 aliphatic rings. The van der Waals surface area contributed by atoms with Gasteiger partial charge in [0.25, 0.3) is 0 Å². The van der Waals surface area contributed by atoms with Gasteiger partial charge in [-0.1, -0.05) is 20.8 Å². The summed E-state index contributed by atoms with van der Waals surface area (Å²) in [6.07, 6.45) is 2.85. The fraction of sp³-hybridized carbons (Fsp3) is 0.400. The van der Waals surface area contributed by atoms with E-state index in [1.165, 1.54) is 0 Å². The summed E-state index contributed by atoms with van der Waals surface area (Å²) in [5, 5.41) is 7.76. The highest BCUT2D eigenvalue weighted by Gasteiger charge is 2.03. The molecule has 3 heteroatoms. The van der Waals surface area contributed by atoms with Crippen molar-refractivity contribution in [2.45, 2.75) is 34.1 Å². The van der Waals surface area contributed by atoms with Gasteiger partial charge in [0.1, 0.15) is 5.75 Å². The minimum atomic E-state index is 0.157. The first-order valence-corrected chi connectivity index (χ1v) is 6.25. The first kappa shape index (κ1) is 16.2. The highest BCUT2D eigenvalue weighted by Crippen LogP contribution is 2.13. The first-order valence-electron chi connectivity index (χ1n) is 6.25. The lowest BCUT2D eigenvalue weighted by molar-refractivity contribution is 0.410. The maximum absolute atomic E-state index is 7.76. The van der Waals surface area contributed by atoms with Gasteiger partial charge in [-0.2, -0.15) is 0 Å². The molecule has 0 fully saturated rings. The van der Waals surface area contributed by atoms with E-state index in [9.17, 15) is 0 Å². The lowest BCUT2D eigenvalue weighted by Gasteiger charge is -2.07. The fourth-order valence-corrected chi connectivity index (χ4v) is 1.29. The number of nitrogens with one attached hydrogen (secondary N) is 1. The van der Waals surface area contributed by atoms with E-state index < -0.39 is 0 Å². The van der Waals surface area contributed by atoms with Gasteiger partial charge in [-0.3, -0.25) is 5.41 Å². The van der Waals surface area contributed by atoms with Gasteiger partial charge in [0.05, 0.1) is 12.9 Å². The van der Waals surface area contributed by atoms with Gasteiger partial charge in [0.2, 0.25) is 5.90 Å². The van der Waals surface area contributed by atoms with Crippen LogP contribution in [0.25, 0.3) is 0 Å². The van der Waals surface area contributed by atoms with Crippen LogP contribution < -0.4 is 4.74 Å². The second kappa shape index (κ2) is 9.28. The van der Waals surface area contributed by atoms with Crippen molar-refractivity contribution in [2.24, 2.45) is 0 Å². The van der Waals surface area contributed by atoms with Crippen LogP contribution >= 0.6 is 0 Å². The summed E-state index contributed by atoms with van der Waals surface area (Å²) in [5.74, 6) is 1.69. The number of hydrogen-bond donors (Lipinski definition) is 1. The largest absolute Gasteiger partial charge is 0.497 e. The molecule has 0 unspecified atom stereocenters. The van der Waals surface area contributed by atoms with Crippen LogP contribution in [0.5, 0.6) is 5.75 Å². The van der Waals surface area contributed by atoms with Crippen molar-refractivity contribution < 1.29 is 9.47 Å². The number of ether oxygens (including phenoxy) is 2. The Labute approximate surface area is 110 Å². The maximum atomic E-state index is 7.76. The summed E-state index contributed by atoms with van der Waals surface area (Å²) >= 11 is 0. The summed E-state index contributed by atoms with van der Waals surface area (Å²) in [7, 11) is 1.62. The van der Waals surface area contributed by atoms with Crippen LogP contribution in [0.2, 0.25) is 0 Å². The molecule has 1 aromatic rings. The molecule has 0 aliphatic carbocycles. The molecule has 0 amide bonds. The minimum Gasteiger partial charge on any atom is -0.497 e. The van der Waals surface area contributed by atoms with Gasteiger partial charge in [0.15, 0.2) is 0 Å². The van der Waals surface area contributed by atoms with E-state index in [0.717, 1.165) is 23.5 Å². The van der Waals surface area contributed by atoms with Gasteiger partial charge >= 0.3 is 0 Å². The van der Waals surface area contributed by atoms with Crippen LogP contribution in [-0.4, -0.2) is 13.0 Å². The lowest BCUT2D eigenvalue weighted by Crippen LogP contribution is -2.03. The molecule has 0 atom stereocenters. The molecule has 0 radical (unpaired) electrons. The van der Waals surface area contributed by atoms with Crippen LogP contribution in [0, 0.1) is 5.41 Å². The summed E-state index contributed by atoms with van der Waals surface area (Å²) in [6.45, 7) is 7.88. The van der Waals surface area contributed by atoms with E-state index in [4.69, 9.17) is 14.9 Å². The first-order chi connectivity index (χ1) is 8.67. The Morgan fingerprint density at radius 3 is 2.22 bits per heavy atom. The molecule has 0 bridgehead atoms. The molecule has 0 spiro atoms. The van der Waals surface area contributed by atoms with Crippen LogP contribution in [0.15, 0.2) is 36.1 Å². The Balaban J connectivity index is 0.00000137. The zero-order valence-electron chi connectivity index (χ0n) is 11.9. The maximum Gasteiger partial charge on any atom is 0.218 e. The highest BCUT2D eigenvalue weighted by atomic mass is 16.5. The molecule has 100 valence electrons. The van der Waals surface area contributed by atoms with Crippen LogP contribution in [0.4, 0.5) is 0 Å². The van der Waals surface area contributed by atoms with Gasteiger partial charge in [-0.15, -0.1) is 0 Å². The van der Waals surface area contributed by atoms with Crippen molar-refractivity contribution in [2.75, 3.05) is 7.11 Å². The van der Waals surface area contributed by atoms with Gasteiger partial charge < -0.3 is 9.47 Å². The number of methoxy groups -OCH3 is 1. The average molecular weight is 249 g/mol. The molecule has 3 nitrogen and oxygen atoms in total. The third kappa shape index (κ3) is 5.53. The molecule has 1 N–H and O–H groups in total. The Bertz CT molecular complexity index is 380. The van der Waals surface area contributed by atoms with Gasteiger partial charge in [-0.05, 0) is 43.7 Å². The third-order valence-corrected chi connectivity index (χ3v) is 2.11. The lowest BCUT2D eigenvalue weighted by atomic mass is 10.2. The summed E-state index contributed by atoms with van der Waals surface area (Å²) in [4.78, 5) is 0. The zero-order chi connectivity index (χ0) is 14.0. The standard InChI is InChI=1S/C13H17NO2.C2H6/c1-4-5-10(2)16-13(14)11-6-8-12(15-3)9-7-11;1-2/h5-9,14H,4H2,1-3H3;1-2H3/b10-5+,14-13?;. The molecular formula is C15H23NO2. The van der Waals surface area contributed by atoms with Crippen LogP contribution in [-0.2, 0) is 4.74 Å². The van der Waals surface area contributed by atoms with E-state index in [0.29, 0.717) is 0 Å². The van der Waals surface area contributed by atoms with Crippen molar-refractivity contribution in [3.8, 4) is 5.75 Å². The van der Waals surface area contributed by atoms with E-state index >= 15 is 0 Å². The molecular weight excluding hydrogens is 226 g/mol. The minimum absolute atomic E-state index is 0.157. The van der Waals surface area contributed by atoms with Crippen molar-refractivity contribution in [3.63, 3.8) is 0 Å². The van der Waals surface area contributed by atoms with Crippen molar-refractivity contribution in [1.29, 1.82) is 5.41 Å². The van der Waals surface area contributed by atoms with E-state index in [2.05, 4.69) is 0 Å². The predicted molar refractivity (Wildman–Crippen MR) is 76.3 cm³/mol. The summed E-state index contributed by atoms with van der Waals surface area (Å²) in [6, 6.07) is 7.24. The molecule has 0 aliphatic heterocycles. The van der Waals surface area contributed by atoms with E-state index in [1.54, 1.807) is 19.2 Å².